The molecule has 1 saturated carbocycles. The highest BCUT2D eigenvalue weighted by molar-refractivity contribution is 5.14. The zero-order valence-electron chi connectivity index (χ0n) is 14.7. The van der Waals surface area contributed by atoms with Gasteiger partial charge in [-0.25, -0.2) is 0 Å². The molecule has 0 aromatic carbocycles. The number of nitrogens with two attached hydrogens (primary N) is 1. The van der Waals surface area contributed by atoms with E-state index in [2.05, 4.69) is 44.7 Å². The highest BCUT2D eigenvalue weighted by atomic mass is 16.5. The summed E-state index contributed by atoms with van der Waals surface area (Å²) in [6, 6.07) is 0. The molecule has 0 amide bonds. The molecule has 0 radical (unpaired) electrons. The summed E-state index contributed by atoms with van der Waals surface area (Å²) in [5, 5.41) is 0. The average molecular weight is 297 g/mol. The first-order valence-electron chi connectivity index (χ1n) is 8.56. The lowest BCUT2D eigenvalue weighted by Gasteiger charge is -2.60. The minimum absolute atomic E-state index is 0.0735. The Bertz CT molecular complexity index is 339. The molecule has 124 valence electrons. The Morgan fingerprint density at radius 3 is 2.43 bits per heavy atom. The van der Waals surface area contributed by atoms with Crippen molar-refractivity contribution in [2.45, 2.75) is 51.7 Å². The highest BCUT2D eigenvalue weighted by Crippen LogP contribution is 2.50. The van der Waals surface area contributed by atoms with E-state index in [9.17, 15) is 0 Å². The van der Waals surface area contributed by atoms with E-state index >= 15 is 0 Å². The molecule has 2 unspecified atom stereocenters. The van der Waals surface area contributed by atoms with Crippen LogP contribution in [0.4, 0.5) is 0 Å². The van der Waals surface area contributed by atoms with Crippen LogP contribution in [0, 0.1) is 11.3 Å². The number of hydrogen-bond donors (Lipinski definition) is 1. The van der Waals surface area contributed by atoms with Crippen LogP contribution < -0.4 is 5.73 Å². The SMILES string of the molecule is CCOC1CC(N)(CN(C)CC2CCN(C)CC2)C1(C)C. The van der Waals surface area contributed by atoms with E-state index in [4.69, 9.17) is 10.5 Å². The number of nitrogens with zero attached hydrogens (tertiary/aromatic N) is 2. The van der Waals surface area contributed by atoms with Crippen LogP contribution in [0.5, 0.6) is 0 Å². The van der Waals surface area contributed by atoms with E-state index in [0.29, 0.717) is 6.10 Å². The molecule has 1 aliphatic heterocycles. The van der Waals surface area contributed by atoms with Crippen molar-refractivity contribution in [3.8, 4) is 0 Å². The molecule has 2 fully saturated rings. The lowest BCUT2D eigenvalue weighted by molar-refractivity contribution is -0.155. The van der Waals surface area contributed by atoms with Crippen molar-refractivity contribution in [2.75, 3.05) is 46.9 Å². The fourth-order valence-electron chi connectivity index (χ4n) is 4.01. The maximum atomic E-state index is 6.70. The summed E-state index contributed by atoms with van der Waals surface area (Å²) in [5.41, 5.74) is 6.67. The number of likely N-dealkylation sites (tertiary alicyclic amines) is 1. The van der Waals surface area contributed by atoms with Gasteiger partial charge in [-0.05, 0) is 59.3 Å². The van der Waals surface area contributed by atoms with Gasteiger partial charge in [0, 0.05) is 30.7 Å². The summed E-state index contributed by atoms with van der Waals surface area (Å²) in [6.07, 6.45) is 3.96. The number of rotatable bonds is 6. The van der Waals surface area contributed by atoms with Crippen molar-refractivity contribution in [3.63, 3.8) is 0 Å². The van der Waals surface area contributed by atoms with Crippen LogP contribution in [0.25, 0.3) is 0 Å². The van der Waals surface area contributed by atoms with Crippen LogP contribution in [-0.4, -0.2) is 68.3 Å². The second-order valence-corrected chi connectivity index (χ2v) is 7.97. The Morgan fingerprint density at radius 1 is 1.29 bits per heavy atom. The van der Waals surface area contributed by atoms with Gasteiger partial charge in [-0.2, -0.15) is 0 Å². The Balaban J connectivity index is 1.81. The Morgan fingerprint density at radius 2 is 1.90 bits per heavy atom. The van der Waals surface area contributed by atoms with Gasteiger partial charge in [-0.15, -0.1) is 0 Å². The predicted molar refractivity (Wildman–Crippen MR) is 88.4 cm³/mol. The molecule has 21 heavy (non-hydrogen) atoms. The van der Waals surface area contributed by atoms with E-state index in [1.165, 1.54) is 32.5 Å². The van der Waals surface area contributed by atoms with E-state index in [-0.39, 0.29) is 11.0 Å². The largest absolute Gasteiger partial charge is 0.378 e. The molecule has 2 N–H and O–H groups in total. The summed E-state index contributed by atoms with van der Waals surface area (Å²) in [6.45, 7) is 12.0. The van der Waals surface area contributed by atoms with Gasteiger partial charge in [0.25, 0.3) is 0 Å². The number of piperidine rings is 1. The molecule has 1 aliphatic carbocycles. The fraction of sp³-hybridized carbons (Fsp3) is 1.00. The molecule has 4 heteroatoms. The van der Waals surface area contributed by atoms with E-state index in [1.807, 2.05) is 0 Å². The second kappa shape index (κ2) is 6.53. The normalized spacial score (nSPS) is 34.1. The minimum atomic E-state index is -0.104. The summed E-state index contributed by atoms with van der Waals surface area (Å²) >= 11 is 0. The number of likely N-dealkylation sites (N-methyl/N-ethyl adjacent to an activating group) is 1. The zero-order valence-corrected chi connectivity index (χ0v) is 14.7. The van der Waals surface area contributed by atoms with Crippen LogP contribution in [0.3, 0.4) is 0 Å². The van der Waals surface area contributed by atoms with Crippen LogP contribution in [0.2, 0.25) is 0 Å². The Kier molecular flexibility index (Phi) is 5.35. The van der Waals surface area contributed by atoms with Crippen LogP contribution in [-0.2, 0) is 4.74 Å². The molecule has 0 bridgehead atoms. The third-order valence-corrected chi connectivity index (χ3v) is 5.97. The lowest BCUT2D eigenvalue weighted by Crippen LogP contribution is -2.73. The molecule has 2 atom stereocenters. The predicted octanol–water partition coefficient (Wildman–Crippen LogP) is 1.79. The van der Waals surface area contributed by atoms with Gasteiger partial charge in [-0.3, -0.25) is 0 Å². The molecular formula is C17H35N3O. The van der Waals surface area contributed by atoms with Gasteiger partial charge < -0.3 is 20.3 Å². The van der Waals surface area contributed by atoms with Crippen molar-refractivity contribution in [3.05, 3.63) is 0 Å². The van der Waals surface area contributed by atoms with Crippen molar-refractivity contribution in [1.82, 2.24) is 9.80 Å². The van der Waals surface area contributed by atoms with Crippen molar-refractivity contribution >= 4 is 0 Å². The van der Waals surface area contributed by atoms with E-state index in [0.717, 1.165) is 25.5 Å². The summed E-state index contributed by atoms with van der Waals surface area (Å²) in [4.78, 5) is 4.89. The molecule has 1 saturated heterocycles. The first kappa shape index (κ1) is 17.2. The summed E-state index contributed by atoms with van der Waals surface area (Å²) < 4.78 is 5.83. The van der Waals surface area contributed by atoms with Crippen LogP contribution in [0.15, 0.2) is 0 Å². The summed E-state index contributed by atoms with van der Waals surface area (Å²) in [5.74, 6) is 0.834. The molecule has 0 aromatic heterocycles. The molecule has 0 spiro atoms. The number of ether oxygens (including phenoxy) is 1. The molecule has 2 aliphatic rings. The third kappa shape index (κ3) is 3.61. The molecule has 1 heterocycles. The first-order valence-corrected chi connectivity index (χ1v) is 8.56. The molecular weight excluding hydrogens is 262 g/mol. The fourth-order valence-corrected chi connectivity index (χ4v) is 4.01. The van der Waals surface area contributed by atoms with Crippen LogP contribution in [0.1, 0.15) is 40.0 Å². The quantitative estimate of drug-likeness (QED) is 0.811. The zero-order chi connectivity index (χ0) is 15.7. The third-order valence-electron chi connectivity index (χ3n) is 5.97. The minimum Gasteiger partial charge on any atom is -0.378 e. The van der Waals surface area contributed by atoms with Crippen molar-refractivity contribution in [1.29, 1.82) is 0 Å². The first-order chi connectivity index (χ1) is 9.78. The van der Waals surface area contributed by atoms with E-state index in [1.54, 1.807) is 0 Å². The second-order valence-electron chi connectivity index (χ2n) is 7.97. The smallest absolute Gasteiger partial charge is 0.0662 e. The van der Waals surface area contributed by atoms with Crippen molar-refractivity contribution < 1.29 is 4.74 Å². The summed E-state index contributed by atoms with van der Waals surface area (Å²) in [7, 11) is 4.45. The van der Waals surface area contributed by atoms with Crippen LogP contribution >= 0.6 is 0 Å². The Labute approximate surface area is 131 Å². The average Bonchev–Trinajstić information content (AvgIpc) is 2.41. The molecule has 4 nitrogen and oxygen atoms in total. The maximum Gasteiger partial charge on any atom is 0.0662 e. The van der Waals surface area contributed by atoms with E-state index < -0.39 is 0 Å². The van der Waals surface area contributed by atoms with Gasteiger partial charge in [0.15, 0.2) is 0 Å². The van der Waals surface area contributed by atoms with Crippen molar-refractivity contribution in [2.24, 2.45) is 17.1 Å². The maximum absolute atomic E-state index is 6.70. The Hall–Kier alpha value is -0.160. The highest BCUT2D eigenvalue weighted by Gasteiger charge is 2.58. The van der Waals surface area contributed by atoms with Gasteiger partial charge in [0.2, 0.25) is 0 Å². The standard InChI is InChI=1S/C17H35N3O/c1-6-21-15-11-17(18,16(15,2)3)13-20(5)12-14-7-9-19(4)10-8-14/h14-15H,6-13,18H2,1-5H3. The van der Waals surface area contributed by atoms with Gasteiger partial charge >= 0.3 is 0 Å². The monoisotopic (exact) mass is 297 g/mol. The lowest BCUT2D eigenvalue weighted by atomic mass is 9.54. The van der Waals surface area contributed by atoms with Gasteiger partial charge in [0.1, 0.15) is 0 Å². The number of hydrogen-bond acceptors (Lipinski definition) is 4. The van der Waals surface area contributed by atoms with Gasteiger partial charge in [-0.1, -0.05) is 13.8 Å². The topological polar surface area (TPSA) is 41.7 Å². The van der Waals surface area contributed by atoms with Gasteiger partial charge in [0.05, 0.1) is 6.10 Å². The molecule has 2 rings (SSSR count). The molecule has 0 aromatic rings.